The molecule has 2 N–H and O–H groups in total. The quantitative estimate of drug-likeness (QED) is 0.638. The number of benzene rings is 1. The Bertz CT molecular complexity index is 708. The Morgan fingerprint density at radius 1 is 1.36 bits per heavy atom. The number of aromatic nitrogens is 2. The molecule has 1 aromatic heterocycles. The highest BCUT2D eigenvalue weighted by Crippen LogP contribution is 2.18. The van der Waals surface area contributed by atoms with Crippen molar-refractivity contribution in [3.63, 3.8) is 0 Å². The Balaban J connectivity index is 1.51. The minimum atomic E-state index is -0.195. The van der Waals surface area contributed by atoms with Crippen LogP contribution in [0.1, 0.15) is 18.7 Å². The summed E-state index contributed by atoms with van der Waals surface area (Å²) in [5.74, 6) is 1.97. The van der Waals surface area contributed by atoms with Crippen LogP contribution in [0.25, 0.3) is 11.4 Å². The van der Waals surface area contributed by atoms with Crippen LogP contribution in [-0.4, -0.2) is 58.9 Å². The van der Waals surface area contributed by atoms with Gasteiger partial charge in [-0.2, -0.15) is 4.98 Å². The topological polar surface area (TPSA) is 86.8 Å². The molecule has 0 atom stereocenters. The van der Waals surface area contributed by atoms with E-state index in [0.29, 0.717) is 29.7 Å². The molecule has 0 saturated carbocycles. The molecule has 0 amide bonds. The van der Waals surface area contributed by atoms with E-state index in [1.807, 2.05) is 12.1 Å². The molecule has 0 aliphatic carbocycles. The average Bonchev–Trinajstić information content (AvgIpc) is 3.09. The number of hydrogen-bond donors (Lipinski definition) is 2. The van der Waals surface area contributed by atoms with Crippen molar-refractivity contribution in [1.29, 1.82) is 0 Å². The molecule has 1 aliphatic rings. The van der Waals surface area contributed by atoms with Gasteiger partial charge in [-0.05, 0) is 37.1 Å². The maximum atomic E-state index is 9.60. The van der Waals surface area contributed by atoms with E-state index in [2.05, 4.69) is 25.3 Å². The average molecular weight is 364 g/mol. The van der Waals surface area contributed by atoms with Crippen LogP contribution in [-0.2, 0) is 6.42 Å². The Labute approximate surface area is 151 Å². The second-order valence-electron chi connectivity index (χ2n) is 5.96. The van der Waals surface area contributed by atoms with Gasteiger partial charge < -0.3 is 19.8 Å². The molecule has 2 heterocycles. The van der Waals surface area contributed by atoms with Crippen LogP contribution in [0.2, 0.25) is 5.02 Å². The lowest BCUT2D eigenvalue weighted by atomic mass is 10.1. The predicted molar refractivity (Wildman–Crippen MR) is 96.6 cm³/mol. The number of nitrogens with one attached hydrogen (secondary N) is 1. The van der Waals surface area contributed by atoms with Crippen molar-refractivity contribution in [1.82, 2.24) is 20.4 Å². The lowest BCUT2D eigenvalue weighted by Crippen LogP contribution is -2.47. The maximum Gasteiger partial charge on any atom is 0.228 e. The van der Waals surface area contributed by atoms with E-state index in [1.165, 1.54) is 0 Å². The van der Waals surface area contributed by atoms with Crippen LogP contribution in [0.3, 0.4) is 0 Å². The summed E-state index contributed by atoms with van der Waals surface area (Å²) in [6.07, 6.45) is 1.96. The highest BCUT2D eigenvalue weighted by atomic mass is 35.5. The SMILES string of the molecule is CN=C(NCCc1nc(-c2ccc(Cl)cc2)no1)N1CCC(O)CC1. The molecule has 1 fully saturated rings. The summed E-state index contributed by atoms with van der Waals surface area (Å²) in [6.45, 7) is 2.26. The molecule has 7 nitrogen and oxygen atoms in total. The molecular weight excluding hydrogens is 342 g/mol. The van der Waals surface area contributed by atoms with Crippen molar-refractivity contribution in [3.05, 3.63) is 35.2 Å². The van der Waals surface area contributed by atoms with Gasteiger partial charge in [0.15, 0.2) is 5.96 Å². The molecule has 3 rings (SSSR count). The molecule has 2 aromatic rings. The van der Waals surface area contributed by atoms with Gasteiger partial charge in [0.1, 0.15) is 0 Å². The van der Waals surface area contributed by atoms with Gasteiger partial charge in [0.05, 0.1) is 6.10 Å². The Morgan fingerprint density at radius 3 is 2.76 bits per heavy atom. The van der Waals surface area contributed by atoms with Crippen molar-refractivity contribution < 1.29 is 9.63 Å². The summed E-state index contributed by atoms with van der Waals surface area (Å²) in [4.78, 5) is 10.9. The molecule has 25 heavy (non-hydrogen) atoms. The van der Waals surface area contributed by atoms with Crippen molar-refractivity contribution >= 4 is 17.6 Å². The van der Waals surface area contributed by atoms with Gasteiger partial charge in [-0.1, -0.05) is 16.8 Å². The first-order chi connectivity index (χ1) is 12.2. The number of aliphatic hydroxyl groups excluding tert-OH is 1. The van der Waals surface area contributed by atoms with Crippen molar-refractivity contribution in [2.45, 2.75) is 25.4 Å². The number of hydrogen-bond acceptors (Lipinski definition) is 5. The van der Waals surface area contributed by atoms with Gasteiger partial charge in [-0.3, -0.25) is 4.99 Å². The summed E-state index contributed by atoms with van der Waals surface area (Å²) < 4.78 is 5.30. The molecule has 8 heteroatoms. The first-order valence-electron chi connectivity index (χ1n) is 8.38. The first kappa shape index (κ1) is 17.7. The number of rotatable bonds is 4. The fourth-order valence-electron chi connectivity index (χ4n) is 2.76. The number of guanidine groups is 1. The Hall–Kier alpha value is -2.12. The van der Waals surface area contributed by atoms with Crippen LogP contribution in [0.4, 0.5) is 0 Å². The number of likely N-dealkylation sites (tertiary alicyclic amines) is 1. The van der Waals surface area contributed by atoms with E-state index in [9.17, 15) is 5.11 Å². The van der Waals surface area contributed by atoms with E-state index in [4.69, 9.17) is 16.1 Å². The highest BCUT2D eigenvalue weighted by molar-refractivity contribution is 6.30. The molecule has 0 bridgehead atoms. The second-order valence-corrected chi connectivity index (χ2v) is 6.40. The second kappa shape index (κ2) is 8.31. The van der Waals surface area contributed by atoms with Crippen LogP contribution < -0.4 is 5.32 Å². The third kappa shape index (κ3) is 4.70. The fraction of sp³-hybridized carbons (Fsp3) is 0.471. The van der Waals surface area contributed by atoms with E-state index in [-0.39, 0.29) is 6.10 Å². The van der Waals surface area contributed by atoms with Crippen molar-refractivity contribution in [2.24, 2.45) is 4.99 Å². The summed E-state index contributed by atoms with van der Waals surface area (Å²) >= 11 is 5.89. The zero-order valence-corrected chi connectivity index (χ0v) is 14.9. The van der Waals surface area contributed by atoms with Crippen LogP contribution in [0, 0.1) is 0 Å². The summed E-state index contributed by atoms with van der Waals surface area (Å²) in [5.41, 5.74) is 0.870. The molecule has 1 saturated heterocycles. The van der Waals surface area contributed by atoms with Gasteiger partial charge in [0, 0.05) is 43.7 Å². The summed E-state index contributed by atoms with van der Waals surface area (Å²) in [5, 5.41) is 17.6. The molecular formula is C17H22ClN5O2. The lowest BCUT2D eigenvalue weighted by molar-refractivity contribution is 0.108. The smallest absolute Gasteiger partial charge is 0.228 e. The van der Waals surface area contributed by atoms with E-state index in [0.717, 1.165) is 37.5 Å². The van der Waals surface area contributed by atoms with E-state index in [1.54, 1.807) is 19.2 Å². The van der Waals surface area contributed by atoms with Gasteiger partial charge >= 0.3 is 0 Å². The molecule has 0 spiro atoms. The molecule has 1 aliphatic heterocycles. The van der Waals surface area contributed by atoms with Gasteiger partial charge in [-0.25, -0.2) is 0 Å². The normalized spacial score (nSPS) is 16.3. The minimum Gasteiger partial charge on any atom is -0.393 e. The zero-order valence-electron chi connectivity index (χ0n) is 14.2. The van der Waals surface area contributed by atoms with Crippen LogP contribution in [0.5, 0.6) is 0 Å². The van der Waals surface area contributed by atoms with E-state index >= 15 is 0 Å². The zero-order chi connectivity index (χ0) is 17.6. The summed E-state index contributed by atoms with van der Waals surface area (Å²) in [6, 6.07) is 7.33. The van der Waals surface area contributed by atoms with Crippen LogP contribution >= 0.6 is 11.6 Å². The minimum absolute atomic E-state index is 0.195. The first-order valence-corrected chi connectivity index (χ1v) is 8.75. The Kier molecular flexibility index (Phi) is 5.88. The van der Waals surface area contributed by atoms with Gasteiger partial charge in [0.2, 0.25) is 11.7 Å². The number of piperidine rings is 1. The molecule has 134 valence electrons. The third-order valence-corrected chi connectivity index (χ3v) is 4.42. The monoisotopic (exact) mass is 363 g/mol. The number of halogens is 1. The maximum absolute atomic E-state index is 9.60. The Morgan fingerprint density at radius 2 is 2.08 bits per heavy atom. The highest BCUT2D eigenvalue weighted by Gasteiger charge is 2.19. The number of aliphatic imine (C=N–C) groups is 1. The molecule has 0 unspecified atom stereocenters. The molecule has 0 radical (unpaired) electrons. The standard InChI is InChI=1S/C17H22ClN5O2/c1-19-17(23-10-7-14(24)8-11-23)20-9-6-15-21-16(22-25-15)12-2-4-13(18)5-3-12/h2-5,14,24H,6-11H2,1H3,(H,19,20). The predicted octanol–water partition coefficient (Wildman–Crippen LogP) is 1.96. The van der Waals surface area contributed by atoms with Gasteiger partial charge in [0.25, 0.3) is 0 Å². The number of aliphatic hydroxyl groups is 1. The number of nitrogens with zero attached hydrogens (tertiary/aromatic N) is 4. The lowest BCUT2D eigenvalue weighted by Gasteiger charge is -2.32. The third-order valence-electron chi connectivity index (χ3n) is 4.17. The van der Waals surface area contributed by atoms with Crippen molar-refractivity contribution in [2.75, 3.05) is 26.7 Å². The summed E-state index contributed by atoms with van der Waals surface area (Å²) in [7, 11) is 1.76. The van der Waals surface area contributed by atoms with E-state index < -0.39 is 0 Å². The van der Waals surface area contributed by atoms with Gasteiger partial charge in [-0.15, -0.1) is 0 Å². The molecule has 1 aromatic carbocycles. The fourth-order valence-corrected chi connectivity index (χ4v) is 2.89. The van der Waals surface area contributed by atoms with Crippen molar-refractivity contribution in [3.8, 4) is 11.4 Å². The van der Waals surface area contributed by atoms with Crippen LogP contribution in [0.15, 0.2) is 33.8 Å². The largest absolute Gasteiger partial charge is 0.393 e.